The minimum Gasteiger partial charge on any atom is -0.395 e. The molecule has 0 aromatic rings. The molecule has 3 nitrogen and oxygen atoms in total. The van der Waals surface area contributed by atoms with Crippen molar-refractivity contribution in [3.05, 3.63) is 0 Å². The van der Waals surface area contributed by atoms with E-state index in [-0.39, 0.29) is 0 Å². The first kappa shape index (κ1) is 12.6. The number of piperazine rings is 1. The van der Waals surface area contributed by atoms with Crippen LogP contribution in [0.5, 0.6) is 0 Å². The third-order valence-electron chi connectivity index (χ3n) is 6.39. The predicted octanol–water partition coefficient (Wildman–Crippen LogP) is 1.47. The highest BCUT2D eigenvalue weighted by molar-refractivity contribution is 5.03. The highest BCUT2D eigenvalue weighted by Gasteiger charge is 2.51. The lowest BCUT2D eigenvalue weighted by Crippen LogP contribution is -2.58. The third-order valence-corrected chi connectivity index (χ3v) is 6.39. The Morgan fingerprint density at radius 3 is 2.26 bits per heavy atom. The molecule has 0 amide bonds. The van der Waals surface area contributed by atoms with Gasteiger partial charge >= 0.3 is 0 Å². The second kappa shape index (κ2) is 4.71. The van der Waals surface area contributed by atoms with E-state index < -0.39 is 0 Å². The molecule has 5 fully saturated rings. The van der Waals surface area contributed by atoms with Crippen molar-refractivity contribution in [2.75, 3.05) is 32.8 Å². The Labute approximate surface area is 116 Å². The van der Waals surface area contributed by atoms with Crippen molar-refractivity contribution in [3.63, 3.8) is 0 Å². The fourth-order valence-corrected chi connectivity index (χ4v) is 6.11. The first-order valence-electron chi connectivity index (χ1n) is 8.32. The molecule has 0 spiro atoms. The number of hydrogen-bond donors (Lipinski definition) is 2. The highest BCUT2D eigenvalue weighted by Crippen LogP contribution is 2.60. The van der Waals surface area contributed by atoms with E-state index in [9.17, 15) is 5.11 Å². The van der Waals surface area contributed by atoms with Crippen LogP contribution in [0.15, 0.2) is 0 Å². The van der Waals surface area contributed by atoms with Crippen LogP contribution in [0, 0.1) is 23.2 Å². The Balaban J connectivity index is 1.49. The second-order valence-electron chi connectivity index (χ2n) is 7.93. The summed E-state index contributed by atoms with van der Waals surface area (Å²) in [5.41, 5.74) is 0.625. The lowest BCUT2D eigenvalue weighted by atomic mass is 9.49. The van der Waals surface area contributed by atoms with E-state index in [4.69, 9.17) is 0 Å². The van der Waals surface area contributed by atoms with Crippen LogP contribution in [0.25, 0.3) is 0 Å². The molecule has 0 radical (unpaired) electrons. The minimum absolute atomic E-state index is 0.319. The molecular weight excluding hydrogens is 236 g/mol. The number of aliphatic hydroxyl groups is 1. The van der Waals surface area contributed by atoms with Crippen LogP contribution in [-0.2, 0) is 0 Å². The van der Waals surface area contributed by atoms with Gasteiger partial charge in [0.15, 0.2) is 0 Å². The molecule has 2 N–H and O–H groups in total. The summed E-state index contributed by atoms with van der Waals surface area (Å²) in [6.45, 7) is 4.79. The first-order valence-corrected chi connectivity index (χ1v) is 8.32. The van der Waals surface area contributed by atoms with Crippen LogP contribution in [-0.4, -0.2) is 48.8 Å². The summed E-state index contributed by atoms with van der Waals surface area (Å²) in [5.74, 6) is 3.13. The van der Waals surface area contributed by atoms with Gasteiger partial charge in [-0.3, -0.25) is 4.90 Å². The molecular formula is C16H28N2O. The molecule has 5 aliphatic rings. The van der Waals surface area contributed by atoms with Crippen LogP contribution in [0.1, 0.15) is 38.5 Å². The van der Waals surface area contributed by atoms with E-state index in [2.05, 4.69) is 10.2 Å². The molecule has 4 bridgehead atoms. The van der Waals surface area contributed by atoms with E-state index >= 15 is 0 Å². The summed E-state index contributed by atoms with van der Waals surface area (Å²) in [6.07, 6.45) is 9.06. The zero-order chi connectivity index (χ0) is 12.9. The molecule has 4 saturated carbocycles. The molecule has 5 rings (SSSR count). The zero-order valence-corrected chi connectivity index (χ0v) is 12.0. The molecule has 19 heavy (non-hydrogen) atoms. The lowest BCUT2D eigenvalue weighted by Gasteiger charge is -2.58. The SMILES string of the molecule is OCC1CNCCN1CC12CC3CC(CC(C3)C1)C2. The number of rotatable bonds is 3. The zero-order valence-electron chi connectivity index (χ0n) is 12.0. The quantitative estimate of drug-likeness (QED) is 0.810. The predicted molar refractivity (Wildman–Crippen MR) is 75.9 cm³/mol. The molecule has 1 aliphatic heterocycles. The maximum Gasteiger partial charge on any atom is 0.0599 e. The molecule has 1 unspecified atom stereocenters. The maximum atomic E-state index is 9.59. The van der Waals surface area contributed by atoms with Crippen molar-refractivity contribution in [1.82, 2.24) is 10.2 Å². The normalized spacial score (nSPS) is 49.7. The first-order chi connectivity index (χ1) is 9.26. The molecule has 1 heterocycles. The second-order valence-corrected chi connectivity index (χ2v) is 7.93. The highest BCUT2D eigenvalue weighted by atomic mass is 16.3. The maximum absolute atomic E-state index is 9.59. The molecule has 1 atom stereocenters. The summed E-state index contributed by atoms with van der Waals surface area (Å²) in [4.78, 5) is 2.60. The van der Waals surface area contributed by atoms with Gasteiger partial charge in [-0.05, 0) is 61.7 Å². The van der Waals surface area contributed by atoms with Crippen LogP contribution in [0.4, 0.5) is 0 Å². The number of hydrogen-bond acceptors (Lipinski definition) is 3. The van der Waals surface area contributed by atoms with Gasteiger partial charge in [0.2, 0.25) is 0 Å². The van der Waals surface area contributed by atoms with Gasteiger partial charge < -0.3 is 10.4 Å². The summed E-state index contributed by atoms with van der Waals surface area (Å²) < 4.78 is 0. The van der Waals surface area contributed by atoms with Crippen LogP contribution < -0.4 is 5.32 Å². The molecule has 4 aliphatic carbocycles. The Morgan fingerprint density at radius 2 is 1.68 bits per heavy atom. The smallest absolute Gasteiger partial charge is 0.0599 e. The van der Waals surface area contributed by atoms with E-state index in [1.54, 1.807) is 0 Å². The summed E-state index contributed by atoms with van der Waals surface area (Å²) in [6, 6.07) is 0.363. The fourth-order valence-electron chi connectivity index (χ4n) is 6.11. The van der Waals surface area contributed by atoms with Gasteiger partial charge in [-0.25, -0.2) is 0 Å². The molecule has 3 heteroatoms. The van der Waals surface area contributed by atoms with Gasteiger partial charge in [-0.15, -0.1) is 0 Å². The number of nitrogens with one attached hydrogen (secondary N) is 1. The topological polar surface area (TPSA) is 35.5 Å². The van der Waals surface area contributed by atoms with Gasteiger partial charge in [0.25, 0.3) is 0 Å². The van der Waals surface area contributed by atoms with E-state index in [1.807, 2.05) is 0 Å². The van der Waals surface area contributed by atoms with Gasteiger partial charge in [-0.2, -0.15) is 0 Å². The molecule has 0 aromatic carbocycles. The molecule has 1 saturated heterocycles. The van der Waals surface area contributed by atoms with Gasteiger partial charge in [0.1, 0.15) is 0 Å². The fraction of sp³-hybridized carbons (Fsp3) is 1.00. The van der Waals surface area contributed by atoms with E-state index in [0.29, 0.717) is 18.1 Å². The lowest BCUT2D eigenvalue weighted by molar-refractivity contribution is -0.0793. The van der Waals surface area contributed by atoms with Crippen molar-refractivity contribution in [3.8, 4) is 0 Å². The van der Waals surface area contributed by atoms with Crippen LogP contribution in [0.2, 0.25) is 0 Å². The van der Waals surface area contributed by atoms with Crippen LogP contribution in [0.3, 0.4) is 0 Å². The molecule has 0 aromatic heterocycles. The summed E-state index contributed by atoms with van der Waals surface area (Å²) in [7, 11) is 0. The van der Waals surface area contributed by atoms with E-state index in [0.717, 1.165) is 37.4 Å². The van der Waals surface area contributed by atoms with E-state index in [1.165, 1.54) is 45.1 Å². The standard InChI is InChI=1S/C16H28N2O/c19-10-15-9-17-1-2-18(15)11-16-6-12-3-13(7-16)5-14(4-12)8-16/h12-15,17,19H,1-11H2. The monoisotopic (exact) mass is 264 g/mol. The summed E-state index contributed by atoms with van der Waals surface area (Å²) in [5, 5.41) is 13.0. The Bertz CT molecular complexity index is 308. The van der Waals surface area contributed by atoms with Crippen molar-refractivity contribution >= 4 is 0 Å². The summed E-state index contributed by atoms with van der Waals surface area (Å²) >= 11 is 0. The van der Waals surface area contributed by atoms with Crippen molar-refractivity contribution in [1.29, 1.82) is 0 Å². The van der Waals surface area contributed by atoms with Gasteiger partial charge in [0.05, 0.1) is 6.61 Å². The molecule has 108 valence electrons. The Kier molecular flexibility index (Phi) is 3.13. The average Bonchev–Trinajstić information content (AvgIpc) is 2.37. The largest absolute Gasteiger partial charge is 0.395 e. The van der Waals surface area contributed by atoms with Gasteiger partial charge in [-0.1, -0.05) is 0 Å². The van der Waals surface area contributed by atoms with Crippen LogP contribution >= 0.6 is 0 Å². The Morgan fingerprint density at radius 1 is 1.05 bits per heavy atom. The average molecular weight is 264 g/mol. The van der Waals surface area contributed by atoms with Crippen molar-refractivity contribution in [2.45, 2.75) is 44.6 Å². The minimum atomic E-state index is 0.319. The Hall–Kier alpha value is -0.120. The van der Waals surface area contributed by atoms with Crippen molar-refractivity contribution < 1.29 is 5.11 Å². The van der Waals surface area contributed by atoms with Crippen molar-refractivity contribution in [2.24, 2.45) is 23.2 Å². The van der Waals surface area contributed by atoms with Gasteiger partial charge in [0, 0.05) is 32.2 Å². The number of nitrogens with zero attached hydrogens (tertiary/aromatic N) is 1. The third kappa shape index (κ3) is 2.24. The number of aliphatic hydroxyl groups excluding tert-OH is 1.